The van der Waals surface area contributed by atoms with Crippen LogP contribution in [0.3, 0.4) is 0 Å². The Kier molecular flexibility index (Phi) is 4.04. The van der Waals surface area contributed by atoms with E-state index in [1.54, 1.807) is 6.20 Å². The molecule has 5 heteroatoms. The number of hydrogen-bond acceptors (Lipinski definition) is 4. The monoisotopic (exact) mass is 263 g/mol. The summed E-state index contributed by atoms with van der Waals surface area (Å²) in [6.07, 6.45) is 4.29. The van der Waals surface area contributed by atoms with E-state index in [9.17, 15) is 4.79 Å². The van der Waals surface area contributed by atoms with Crippen molar-refractivity contribution in [2.24, 2.45) is 5.73 Å². The summed E-state index contributed by atoms with van der Waals surface area (Å²) in [5.74, 6) is 0.482. The second kappa shape index (κ2) is 5.57. The quantitative estimate of drug-likeness (QED) is 0.841. The smallest absolute Gasteiger partial charge is 0.240 e. The van der Waals surface area contributed by atoms with Gasteiger partial charge in [-0.3, -0.25) is 4.79 Å². The molecule has 1 amide bonds. The van der Waals surface area contributed by atoms with Gasteiger partial charge in [0.05, 0.1) is 11.6 Å². The molecule has 2 rings (SSSR count). The topological polar surface area (TPSA) is 77.2 Å². The molecule has 1 aromatic rings. The number of pyridine rings is 1. The van der Waals surface area contributed by atoms with E-state index in [1.807, 2.05) is 26.0 Å². The number of carbonyl (C=O) groups excluding carboxylic acids is 1. The Labute approximate surface area is 113 Å². The molecule has 1 heterocycles. The number of nitrogens with one attached hydrogen (secondary N) is 1. The van der Waals surface area contributed by atoms with Crippen LogP contribution in [0, 0.1) is 0 Å². The number of nitrogens with two attached hydrogens (primary N) is 1. The van der Waals surface area contributed by atoms with Crippen molar-refractivity contribution < 1.29 is 9.53 Å². The molecule has 19 heavy (non-hydrogen) atoms. The van der Waals surface area contributed by atoms with Crippen LogP contribution in [0.1, 0.15) is 38.7 Å². The van der Waals surface area contributed by atoms with Gasteiger partial charge in [-0.2, -0.15) is 0 Å². The fourth-order valence-electron chi connectivity index (χ4n) is 2.02. The highest BCUT2D eigenvalue weighted by Gasteiger charge is 2.39. The number of ether oxygens (including phenoxy) is 1. The van der Waals surface area contributed by atoms with Gasteiger partial charge < -0.3 is 15.8 Å². The summed E-state index contributed by atoms with van der Waals surface area (Å²) in [6, 6.07) is 3.73. The highest BCUT2D eigenvalue weighted by molar-refractivity contribution is 5.87. The summed E-state index contributed by atoms with van der Waals surface area (Å²) >= 11 is 0. The molecular formula is C14H21N3O2. The van der Waals surface area contributed by atoms with Crippen molar-refractivity contribution in [1.82, 2.24) is 10.3 Å². The zero-order valence-electron chi connectivity index (χ0n) is 11.5. The van der Waals surface area contributed by atoms with Gasteiger partial charge in [-0.1, -0.05) is 6.07 Å². The average molecular weight is 263 g/mol. The summed E-state index contributed by atoms with van der Waals surface area (Å²) in [5.41, 5.74) is 6.17. The van der Waals surface area contributed by atoms with Gasteiger partial charge in [0.1, 0.15) is 0 Å². The molecular weight excluding hydrogens is 242 g/mol. The summed E-state index contributed by atoms with van der Waals surface area (Å²) in [7, 11) is 0. The van der Waals surface area contributed by atoms with Crippen LogP contribution in [-0.2, 0) is 11.3 Å². The van der Waals surface area contributed by atoms with Gasteiger partial charge >= 0.3 is 0 Å². The SMILES string of the molecule is CC(C)Oc1ncccc1CNC(=O)C1(N)CCC1. The first kappa shape index (κ1) is 13.8. The molecule has 0 aromatic carbocycles. The highest BCUT2D eigenvalue weighted by Crippen LogP contribution is 2.29. The molecule has 0 saturated heterocycles. The van der Waals surface area contributed by atoms with Crippen LogP contribution < -0.4 is 15.8 Å². The number of carbonyl (C=O) groups is 1. The molecule has 1 saturated carbocycles. The predicted octanol–water partition coefficient (Wildman–Crippen LogP) is 1.37. The maximum atomic E-state index is 12.0. The van der Waals surface area contributed by atoms with E-state index in [0.717, 1.165) is 24.8 Å². The van der Waals surface area contributed by atoms with Gasteiger partial charge in [-0.05, 0) is 39.2 Å². The molecule has 104 valence electrons. The normalized spacial score (nSPS) is 16.8. The van der Waals surface area contributed by atoms with Crippen LogP contribution in [0.25, 0.3) is 0 Å². The van der Waals surface area contributed by atoms with Crippen molar-refractivity contribution in [1.29, 1.82) is 0 Å². The van der Waals surface area contributed by atoms with Crippen LogP contribution in [-0.4, -0.2) is 22.5 Å². The maximum Gasteiger partial charge on any atom is 0.240 e. The van der Waals surface area contributed by atoms with Crippen LogP contribution in [0.15, 0.2) is 18.3 Å². The molecule has 0 atom stereocenters. The van der Waals surface area contributed by atoms with Gasteiger partial charge in [0, 0.05) is 18.3 Å². The Morgan fingerprint density at radius 3 is 2.89 bits per heavy atom. The Hall–Kier alpha value is -1.62. The molecule has 3 N–H and O–H groups in total. The van der Waals surface area contributed by atoms with Crippen molar-refractivity contribution in [2.75, 3.05) is 0 Å². The van der Waals surface area contributed by atoms with Crippen LogP contribution >= 0.6 is 0 Å². The second-order valence-corrected chi connectivity index (χ2v) is 5.33. The lowest BCUT2D eigenvalue weighted by molar-refractivity contribution is -0.129. The van der Waals surface area contributed by atoms with E-state index in [4.69, 9.17) is 10.5 Å². The van der Waals surface area contributed by atoms with Gasteiger partial charge in [-0.25, -0.2) is 4.98 Å². The summed E-state index contributed by atoms with van der Waals surface area (Å²) in [6.45, 7) is 4.29. The Bertz CT molecular complexity index is 456. The molecule has 0 spiro atoms. The van der Waals surface area contributed by atoms with E-state index in [1.165, 1.54) is 0 Å². The third-order valence-corrected chi connectivity index (χ3v) is 3.33. The minimum Gasteiger partial charge on any atom is -0.475 e. The number of hydrogen-bond donors (Lipinski definition) is 2. The summed E-state index contributed by atoms with van der Waals surface area (Å²) in [4.78, 5) is 16.1. The van der Waals surface area contributed by atoms with Gasteiger partial charge in [0.15, 0.2) is 0 Å². The van der Waals surface area contributed by atoms with Crippen molar-refractivity contribution in [3.63, 3.8) is 0 Å². The lowest BCUT2D eigenvalue weighted by Crippen LogP contribution is -2.58. The predicted molar refractivity (Wildman–Crippen MR) is 72.6 cm³/mol. The maximum absolute atomic E-state index is 12.0. The molecule has 0 bridgehead atoms. The molecule has 1 aromatic heterocycles. The van der Waals surface area contributed by atoms with E-state index >= 15 is 0 Å². The fourth-order valence-corrected chi connectivity index (χ4v) is 2.02. The minimum atomic E-state index is -0.665. The van der Waals surface area contributed by atoms with Gasteiger partial charge in [0.25, 0.3) is 0 Å². The van der Waals surface area contributed by atoms with Crippen LogP contribution in [0.4, 0.5) is 0 Å². The van der Waals surface area contributed by atoms with Crippen molar-refractivity contribution >= 4 is 5.91 Å². The Morgan fingerprint density at radius 2 is 2.32 bits per heavy atom. The average Bonchev–Trinajstić information content (AvgIpc) is 2.34. The minimum absolute atomic E-state index is 0.0526. The summed E-state index contributed by atoms with van der Waals surface area (Å²) in [5, 5.41) is 2.87. The Balaban J connectivity index is 1.97. The zero-order valence-corrected chi connectivity index (χ0v) is 11.5. The summed E-state index contributed by atoms with van der Waals surface area (Å²) < 4.78 is 5.61. The van der Waals surface area contributed by atoms with E-state index in [-0.39, 0.29) is 12.0 Å². The molecule has 1 aliphatic rings. The second-order valence-electron chi connectivity index (χ2n) is 5.33. The largest absolute Gasteiger partial charge is 0.475 e. The van der Waals surface area contributed by atoms with Gasteiger partial charge in [0.2, 0.25) is 11.8 Å². The van der Waals surface area contributed by atoms with E-state index < -0.39 is 5.54 Å². The third kappa shape index (κ3) is 3.23. The molecule has 1 aliphatic carbocycles. The van der Waals surface area contributed by atoms with E-state index in [0.29, 0.717) is 12.4 Å². The molecule has 0 unspecified atom stereocenters. The standard InChI is InChI=1S/C14H21N3O2/c1-10(2)19-12-11(5-3-8-16-12)9-17-13(18)14(15)6-4-7-14/h3,5,8,10H,4,6-7,9,15H2,1-2H3,(H,17,18). The first-order valence-electron chi connectivity index (χ1n) is 6.69. The van der Waals surface area contributed by atoms with Gasteiger partial charge in [-0.15, -0.1) is 0 Å². The zero-order chi connectivity index (χ0) is 13.9. The first-order valence-corrected chi connectivity index (χ1v) is 6.69. The number of aromatic nitrogens is 1. The molecule has 0 aliphatic heterocycles. The van der Waals surface area contributed by atoms with Crippen LogP contribution in [0.5, 0.6) is 5.88 Å². The lowest BCUT2D eigenvalue weighted by atomic mass is 9.77. The molecule has 1 fully saturated rings. The number of rotatable bonds is 5. The lowest BCUT2D eigenvalue weighted by Gasteiger charge is -2.36. The van der Waals surface area contributed by atoms with Crippen molar-refractivity contribution in [2.45, 2.75) is 51.3 Å². The van der Waals surface area contributed by atoms with Crippen LogP contribution in [0.2, 0.25) is 0 Å². The van der Waals surface area contributed by atoms with E-state index in [2.05, 4.69) is 10.3 Å². The third-order valence-electron chi connectivity index (χ3n) is 3.33. The molecule has 5 nitrogen and oxygen atoms in total. The molecule has 0 radical (unpaired) electrons. The van der Waals surface area contributed by atoms with Crippen molar-refractivity contribution in [3.05, 3.63) is 23.9 Å². The fraction of sp³-hybridized carbons (Fsp3) is 0.571. The number of nitrogens with zero attached hydrogens (tertiary/aromatic N) is 1. The first-order chi connectivity index (χ1) is 9.01. The Morgan fingerprint density at radius 1 is 1.58 bits per heavy atom. The highest BCUT2D eigenvalue weighted by atomic mass is 16.5. The van der Waals surface area contributed by atoms with Crippen molar-refractivity contribution in [3.8, 4) is 5.88 Å². The number of amides is 1.